The van der Waals surface area contributed by atoms with Gasteiger partial charge < -0.3 is 4.74 Å². The van der Waals surface area contributed by atoms with Gasteiger partial charge in [0.2, 0.25) is 5.75 Å². The van der Waals surface area contributed by atoms with E-state index in [1.54, 1.807) is 13.8 Å². The first-order valence-electron chi connectivity index (χ1n) is 6.58. The summed E-state index contributed by atoms with van der Waals surface area (Å²) in [5.74, 6) is -1.19. The Kier molecular flexibility index (Phi) is 5.61. The highest BCUT2D eigenvalue weighted by Gasteiger charge is 2.28. The highest BCUT2D eigenvalue weighted by molar-refractivity contribution is 5.47. The Morgan fingerprint density at radius 3 is 2.81 bits per heavy atom. The van der Waals surface area contributed by atoms with Crippen molar-refractivity contribution in [3.63, 3.8) is 0 Å². The average Bonchev–Trinajstić information content (AvgIpc) is 2.40. The minimum Gasteiger partial charge on any atom is -0.482 e. The number of nitriles is 1. The Hall–Kier alpha value is -2.20. The standard InChI is InChI=1S/C14H18FN3O3/c1-4-17-14(3,9-16)8-10(2)21-13-11(15)6-5-7-12(13)18(19)20/h5-7,10,17H,4,8H2,1-3H3. The zero-order chi connectivity index (χ0) is 16.0. The van der Waals surface area contributed by atoms with Crippen LogP contribution in [-0.4, -0.2) is 23.1 Å². The number of para-hydroxylation sites is 1. The van der Waals surface area contributed by atoms with Gasteiger partial charge in [0, 0.05) is 12.5 Å². The van der Waals surface area contributed by atoms with E-state index < -0.39 is 33.8 Å². The van der Waals surface area contributed by atoms with E-state index in [1.165, 1.54) is 12.1 Å². The largest absolute Gasteiger partial charge is 0.482 e. The lowest BCUT2D eigenvalue weighted by atomic mass is 9.96. The average molecular weight is 295 g/mol. The molecule has 0 aliphatic heterocycles. The summed E-state index contributed by atoms with van der Waals surface area (Å²) in [6, 6.07) is 5.66. The Morgan fingerprint density at radius 2 is 2.29 bits per heavy atom. The van der Waals surface area contributed by atoms with Gasteiger partial charge in [0.25, 0.3) is 0 Å². The number of hydrogen-bond donors (Lipinski definition) is 1. The number of ether oxygens (including phenoxy) is 1. The maximum Gasteiger partial charge on any atom is 0.314 e. The van der Waals surface area contributed by atoms with E-state index in [9.17, 15) is 19.8 Å². The van der Waals surface area contributed by atoms with Crippen molar-refractivity contribution >= 4 is 5.69 Å². The molecule has 1 rings (SSSR count). The molecule has 0 aliphatic carbocycles. The predicted octanol–water partition coefficient (Wildman–Crippen LogP) is 2.78. The van der Waals surface area contributed by atoms with Crippen LogP contribution >= 0.6 is 0 Å². The molecule has 0 spiro atoms. The lowest BCUT2D eigenvalue weighted by Crippen LogP contribution is -2.44. The second kappa shape index (κ2) is 6.99. The molecule has 0 aromatic heterocycles. The number of nitrogens with zero attached hydrogens (tertiary/aromatic N) is 2. The monoisotopic (exact) mass is 295 g/mol. The SMILES string of the molecule is CCNC(C)(C#N)CC(C)Oc1c(F)cccc1[N+](=O)[O-]. The molecule has 1 aromatic carbocycles. The van der Waals surface area contributed by atoms with Crippen LogP contribution in [0.5, 0.6) is 5.75 Å². The molecule has 0 saturated heterocycles. The molecule has 1 aromatic rings. The zero-order valence-electron chi connectivity index (χ0n) is 12.2. The Morgan fingerprint density at radius 1 is 1.62 bits per heavy atom. The normalized spacial score (nSPS) is 14.8. The van der Waals surface area contributed by atoms with Crippen molar-refractivity contribution in [2.75, 3.05) is 6.54 Å². The van der Waals surface area contributed by atoms with Gasteiger partial charge in [-0.2, -0.15) is 5.26 Å². The smallest absolute Gasteiger partial charge is 0.314 e. The molecule has 0 fully saturated rings. The number of benzene rings is 1. The van der Waals surface area contributed by atoms with Gasteiger partial charge in [0.15, 0.2) is 5.82 Å². The third-order valence-electron chi connectivity index (χ3n) is 2.97. The molecule has 0 aliphatic rings. The highest BCUT2D eigenvalue weighted by Crippen LogP contribution is 2.31. The van der Waals surface area contributed by atoms with Crippen LogP contribution in [0.25, 0.3) is 0 Å². The van der Waals surface area contributed by atoms with E-state index in [0.29, 0.717) is 6.54 Å². The van der Waals surface area contributed by atoms with Gasteiger partial charge in [-0.15, -0.1) is 0 Å². The van der Waals surface area contributed by atoms with Crippen molar-refractivity contribution in [1.29, 1.82) is 5.26 Å². The molecule has 114 valence electrons. The van der Waals surface area contributed by atoms with Gasteiger partial charge in [-0.1, -0.05) is 13.0 Å². The summed E-state index contributed by atoms with van der Waals surface area (Å²) in [5.41, 5.74) is -1.27. The second-order valence-corrected chi connectivity index (χ2v) is 4.95. The first-order valence-corrected chi connectivity index (χ1v) is 6.58. The number of nitro benzene ring substituents is 1. The molecule has 0 radical (unpaired) electrons. The molecule has 0 saturated carbocycles. The van der Waals surface area contributed by atoms with E-state index in [1.807, 2.05) is 6.92 Å². The van der Waals surface area contributed by atoms with Crippen LogP contribution in [0.4, 0.5) is 10.1 Å². The maximum absolute atomic E-state index is 13.7. The topological polar surface area (TPSA) is 88.2 Å². The molecule has 6 nitrogen and oxygen atoms in total. The first kappa shape index (κ1) is 16.9. The van der Waals surface area contributed by atoms with Crippen molar-refractivity contribution < 1.29 is 14.1 Å². The zero-order valence-corrected chi connectivity index (χ0v) is 12.2. The van der Waals surface area contributed by atoms with E-state index >= 15 is 0 Å². The highest BCUT2D eigenvalue weighted by atomic mass is 19.1. The van der Waals surface area contributed by atoms with Gasteiger partial charge in [-0.25, -0.2) is 4.39 Å². The quantitative estimate of drug-likeness (QED) is 0.617. The van der Waals surface area contributed by atoms with Gasteiger partial charge >= 0.3 is 5.69 Å². The third-order valence-corrected chi connectivity index (χ3v) is 2.97. The summed E-state index contributed by atoms with van der Waals surface area (Å²) in [6.45, 7) is 5.80. The molecular weight excluding hydrogens is 277 g/mol. The Labute approximate surface area is 122 Å². The van der Waals surface area contributed by atoms with E-state index in [2.05, 4.69) is 11.4 Å². The van der Waals surface area contributed by atoms with Crippen molar-refractivity contribution in [2.24, 2.45) is 0 Å². The minimum absolute atomic E-state index is 0.267. The molecule has 21 heavy (non-hydrogen) atoms. The molecule has 0 amide bonds. The maximum atomic E-state index is 13.7. The summed E-state index contributed by atoms with van der Waals surface area (Å²) in [5, 5.41) is 23.1. The number of halogens is 1. The summed E-state index contributed by atoms with van der Waals surface area (Å²) >= 11 is 0. The van der Waals surface area contributed by atoms with Crippen LogP contribution in [0.2, 0.25) is 0 Å². The lowest BCUT2D eigenvalue weighted by molar-refractivity contribution is -0.386. The molecule has 2 unspecified atom stereocenters. The van der Waals surface area contributed by atoms with Gasteiger partial charge in [-0.3, -0.25) is 15.4 Å². The van der Waals surface area contributed by atoms with Crippen LogP contribution in [-0.2, 0) is 0 Å². The van der Waals surface area contributed by atoms with Crippen molar-refractivity contribution in [2.45, 2.75) is 38.8 Å². The van der Waals surface area contributed by atoms with Crippen molar-refractivity contribution in [1.82, 2.24) is 5.32 Å². The fraction of sp³-hybridized carbons (Fsp3) is 0.500. The predicted molar refractivity (Wildman–Crippen MR) is 75.5 cm³/mol. The first-order chi connectivity index (χ1) is 9.83. The van der Waals surface area contributed by atoms with Crippen LogP contribution in [0.3, 0.4) is 0 Å². The molecule has 0 heterocycles. The van der Waals surface area contributed by atoms with Crippen molar-refractivity contribution in [3.8, 4) is 11.8 Å². The molecule has 0 bridgehead atoms. The summed E-state index contributed by atoms with van der Waals surface area (Å²) in [6.07, 6.45) is -0.299. The van der Waals surface area contributed by atoms with Crippen LogP contribution in [0, 0.1) is 27.3 Å². The third kappa shape index (κ3) is 4.39. The summed E-state index contributed by atoms with van der Waals surface area (Å²) in [4.78, 5) is 10.2. The number of nitro groups is 1. The van der Waals surface area contributed by atoms with Crippen molar-refractivity contribution in [3.05, 3.63) is 34.1 Å². The number of rotatable bonds is 7. The van der Waals surface area contributed by atoms with E-state index in [-0.39, 0.29) is 6.42 Å². The van der Waals surface area contributed by atoms with Crippen LogP contribution in [0.15, 0.2) is 18.2 Å². The molecule has 7 heteroatoms. The summed E-state index contributed by atoms with van der Waals surface area (Å²) < 4.78 is 19.1. The second-order valence-electron chi connectivity index (χ2n) is 4.95. The minimum atomic E-state index is -0.839. The van der Waals surface area contributed by atoms with Crippen LogP contribution in [0.1, 0.15) is 27.2 Å². The number of hydrogen-bond acceptors (Lipinski definition) is 5. The van der Waals surface area contributed by atoms with Gasteiger partial charge in [-0.05, 0) is 26.5 Å². The fourth-order valence-electron chi connectivity index (χ4n) is 2.12. The number of nitrogens with one attached hydrogen (secondary N) is 1. The van der Waals surface area contributed by atoms with Gasteiger partial charge in [0.05, 0.1) is 17.1 Å². The molecular formula is C14H18FN3O3. The Bertz CT molecular complexity index is 559. The molecule has 2 atom stereocenters. The van der Waals surface area contributed by atoms with Crippen LogP contribution < -0.4 is 10.1 Å². The fourth-order valence-corrected chi connectivity index (χ4v) is 2.12. The van der Waals surface area contributed by atoms with E-state index in [0.717, 1.165) is 6.07 Å². The Balaban J connectivity index is 2.92. The molecule has 1 N–H and O–H groups in total. The van der Waals surface area contributed by atoms with E-state index in [4.69, 9.17) is 4.74 Å². The van der Waals surface area contributed by atoms with Gasteiger partial charge in [0.1, 0.15) is 5.54 Å². The lowest BCUT2D eigenvalue weighted by Gasteiger charge is -2.26. The summed E-state index contributed by atoms with van der Waals surface area (Å²) in [7, 11) is 0.